The summed E-state index contributed by atoms with van der Waals surface area (Å²) in [5.74, 6) is -1.85. The number of benzene rings is 2. The fourth-order valence-corrected chi connectivity index (χ4v) is 5.60. The van der Waals surface area contributed by atoms with Crippen molar-refractivity contribution in [2.45, 2.75) is 10.4 Å². The molecule has 4 rings (SSSR count). The van der Waals surface area contributed by atoms with Gasteiger partial charge in [0.1, 0.15) is 4.21 Å². The number of carbonyl (C=O) groups is 3. The first-order valence-corrected chi connectivity index (χ1v) is 11.8. The lowest BCUT2D eigenvalue weighted by Crippen LogP contribution is -2.34. The van der Waals surface area contributed by atoms with Gasteiger partial charge in [-0.25, -0.2) is 22.8 Å². The van der Waals surface area contributed by atoms with Crippen LogP contribution in [0.15, 0.2) is 58.8 Å². The Hall–Kier alpha value is -3.42. The Morgan fingerprint density at radius 3 is 2.12 bits per heavy atom. The average Bonchev–Trinajstić information content (AvgIpc) is 3.30. The van der Waals surface area contributed by atoms with Crippen LogP contribution in [-0.4, -0.2) is 26.3 Å². The fourth-order valence-electron chi connectivity index (χ4n) is 3.21. The lowest BCUT2D eigenvalue weighted by Gasteiger charge is -2.21. The van der Waals surface area contributed by atoms with Crippen molar-refractivity contribution in [3.8, 4) is 0 Å². The number of amides is 4. The first-order valence-electron chi connectivity index (χ1n) is 9.17. The standard InChI is InChI=1S/C20H11ClF3N3O5S2/c21-15-7-8-16(33-15)34(31,32)26-19(30)25-10-5-6-14(13(9-10)20(22,23)24)27-17(28)11-3-1-2-4-12(11)18(27)29/h1-9H,(H2,25,26,30). The number of rotatable bonds is 4. The van der Waals surface area contributed by atoms with Crippen LogP contribution < -0.4 is 14.9 Å². The third kappa shape index (κ3) is 4.36. The van der Waals surface area contributed by atoms with Gasteiger partial charge >= 0.3 is 12.2 Å². The molecule has 0 radical (unpaired) electrons. The van der Waals surface area contributed by atoms with E-state index < -0.39 is 51.0 Å². The van der Waals surface area contributed by atoms with Crippen molar-refractivity contribution in [1.29, 1.82) is 0 Å². The number of carbonyl (C=O) groups excluding carboxylic acids is 3. The molecule has 1 aliphatic rings. The molecule has 4 amide bonds. The quantitative estimate of drug-likeness (QED) is 0.474. The molecular weight excluding hydrogens is 519 g/mol. The fraction of sp³-hybridized carbons (Fsp3) is 0.0500. The van der Waals surface area contributed by atoms with Gasteiger partial charge in [0.2, 0.25) is 0 Å². The smallest absolute Gasteiger partial charge is 0.307 e. The van der Waals surface area contributed by atoms with Gasteiger partial charge in [0.05, 0.1) is 26.7 Å². The maximum Gasteiger partial charge on any atom is 0.418 e. The Labute approximate surface area is 199 Å². The van der Waals surface area contributed by atoms with E-state index in [0.717, 1.165) is 18.2 Å². The van der Waals surface area contributed by atoms with E-state index in [2.05, 4.69) is 0 Å². The molecule has 14 heteroatoms. The van der Waals surface area contributed by atoms with E-state index in [0.29, 0.717) is 22.3 Å². The molecule has 2 aromatic carbocycles. The third-order valence-electron chi connectivity index (χ3n) is 4.64. The molecule has 176 valence electrons. The second-order valence-corrected chi connectivity index (χ2v) is 10.5. The summed E-state index contributed by atoms with van der Waals surface area (Å²) in [6, 6.07) is 9.06. The van der Waals surface area contributed by atoms with E-state index in [9.17, 15) is 36.0 Å². The van der Waals surface area contributed by atoms with E-state index in [1.54, 1.807) is 4.72 Å². The molecule has 0 spiro atoms. The molecule has 8 nitrogen and oxygen atoms in total. The van der Waals surface area contributed by atoms with Crippen LogP contribution in [0.2, 0.25) is 4.34 Å². The van der Waals surface area contributed by atoms with Crippen molar-refractivity contribution < 1.29 is 36.0 Å². The van der Waals surface area contributed by atoms with Gasteiger partial charge in [0.15, 0.2) is 0 Å². The second kappa shape index (κ2) is 8.42. The number of anilines is 2. The van der Waals surface area contributed by atoms with Gasteiger partial charge in [-0.2, -0.15) is 13.2 Å². The van der Waals surface area contributed by atoms with E-state index >= 15 is 0 Å². The molecule has 0 atom stereocenters. The minimum Gasteiger partial charge on any atom is -0.307 e. The minimum atomic E-state index is -5.02. The maximum absolute atomic E-state index is 13.8. The second-order valence-electron chi connectivity index (χ2n) is 6.84. The molecule has 0 bridgehead atoms. The van der Waals surface area contributed by atoms with Gasteiger partial charge in [-0.3, -0.25) is 9.59 Å². The Bertz CT molecular complexity index is 1420. The predicted molar refractivity (Wildman–Crippen MR) is 118 cm³/mol. The number of imide groups is 1. The van der Waals surface area contributed by atoms with Gasteiger partial charge in [-0.05, 0) is 42.5 Å². The summed E-state index contributed by atoms with van der Waals surface area (Å²) in [5, 5.41) is 2.00. The van der Waals surface area contributed by atoms with Crippen molar-refractivity contribution in [2.75, 3.05) is 10.2 Å². The third-order valence-corrected chi connectivity index (χ3v) is 7.69. The van der Waals surface area contributed by atoms with E-state index in [1.807, 2.05) is 5.32 Å². The summed E-state index contributed by atoms with van der Waals surface area (Å²) in [6.07, 6.45) is -5.02. The van der Waals surface area contributed by atoms with Gasteiger partial charge in [-0.15, -0.1) is 11.3 Å². The zero-order valence-electron chi connectivity index (χ0n) is 16.5. The number of halogens is 4. The molecule has 1 aromatic heterocycles. The van der Waals surface area contributed by atoms with Gasteiger partial charge < -0.3 is 5.32 Å². The van der Waals surface area contributed by atoms with Gasteiger partial charge in [0.25, 0.3) is 21.8 Å². The topological polar surface area (TPSA) is 113 Å². The normalized spacial score (nSPS) is 13.7. The zero-order chi connectivity index (χ0) is 24.8. The first-order chi connectivity index (χ1) is 15.9. The number of nitrogens with one attached hydrogen (secondary N) is 2. The molecule has 0 saturated heterocycles. The van der Waals surface area contributed by atoms with E-state index in [-0.39, 0.29) is 19.7 Å². The van der Waals surface area contributed by atoms with Crippen molar-refractivity contribution in [3.63, 3.8) is 0 Å². The van der Waals surface area contributed by atoms with Crippen LogP contribution in [0.4, 0.5) is 29.3 Å². The monoisotopic (exact) mass is 529 g/mol. The van der Waals surface area contributed by atoms with Crippen molar-refractivity contribution in [2.24, 2.45) is 0 Å². The van der Waals surface area contributed by atoms with Crippen LogP contribution in [-0.2, 0) is 16.2 Å². The minimum absolute atomic E-state index is 0.0407. The number of fused-ring (bicyclic) bond motifs is 1. The van der Waals surface area contributed by atoms with Crippen molar-refractivity contribution >= 4 is 62.2 Å². The number of urea groups is 1. The Morgan fingerprint density at radius 1 is 0.971 bits per heavy atom. The molecular formula is C20H11ClF3N3O5S2. The van der Waals surface area contributed by atoms with Gasteiger partial charge in [-0.1, -0.05) is 23.7 Å². The average molecular weight is 530 g/mol. The zero-order valence-corrected chi connectivity index (χ0v) is 18.9. The number of alkyl halides is 3. The Kier molecular flexibility index (Phi) is 5.87. The highest BCUT2D eigenvalue weighted by Crippen LogP contribution is 2.41. The Balaban J connectivity index is 1.63. The number of thiophene rings is 1. The van der Waals surface area contributed by atoms with Crippen LogP contribution in [0.5, 0.6) is 0 Å². The SMILES string of the molecule is O=C(Nc1ccc(N2C(=O)c3ccccc3C2=O)c(C(F)(F)F)c1)NS(=O)(=O)c1ccc(Cl)s1. The van der Waals surface area contributed by atoms with Crippen molar-refractivity contribution in [1.82, 2.24) is 4.72 Å². The summed E-state index contributed by atoms with van der Waals surface area (Å²) in [5.41, 5.74) is -2.62. The van der Waals surface area contributed by atoms with Crippen LogP contribution in [0.3, 0.4) is 0 Å². The van der Waals surface area contributed by atoms with Crippen LogP contribution in [0.25, 0.3) is 0 Å². The highest BCUT2D eigenvalue weighted by Gasteiger charge is 2.42. The lowest BCUT2D eigenvalue weighted by atomic mass is 10.1. The molecule has 0 aliphatic carbocycles. The van der Waals surface area contributed by atoms with Crippen LogP contribution >= 0.6 is 22.9 Å². The molecule has 2 heterocycles. The number of sulfonamides is 1. The van der Waals surface area contributed by atoms with Crippen molar-refractivity contribution in [3.05, 3.63) is 75.6 Å². The summed E-state index contributed by atoms with van der Waals surface area (Å²) in [4.78, 5) is 37.8. The maximum atomic E-state index is 13.8. The lowest BCUT2D eigenvalue weighted by molar-refractivity contribution is -0.137. The van der Waals surface area contributed by atoms with Crippen LogP contribution in [0.1, 0.15) is 26.3 Å². The number of hydrogen-bond acceptors (Lipinski definition) is 6. The molecule has 0 unspecified atom stereocenters. The molecule has 1 aliphatic heterocycles. The highest BCUT2D eigenvalue weighted by molar-refractivity contribution is 7.92. The summed E-state index contributed by atoms with van der Waals surface area (Å²) in [6.45, 7) is 0. The van der Waals surface area contributed by atoms with E-state index in [4.69, 9.17) is 11.6 Å². The van der Waals surface area contributed by atoms with E-state index in [1.165, 1.54) is 30.3 Å². The summed E-state index contributed by atoms with van der Waals surface area (Å²) >= 11 is 6.36. The molecule has 3 aromatic rings. The van der Waals surface area contributed by atoms with Gasteiger partial charge in [0, 0.05) is 5.69 Å². The molecule has 0 fully saturated rings. The molecule has 0 saturated carbocycles. The summed E-state index contributed by atoms with van der Waals surface area (Å²) < 4.78 is 67.4. The number of hydrogen-bond donors (Lipinski definition) is 2. The highest BCUT2D eigenvalue weighted by atomic mass is 35.5. The largest absolute Gasteiger partial charge is 0.418 e. The Morgan fingerprint density at radius 2 is 1.59 bits per heavy atom. The number of nitrogens with zero attached hydrogens (tertiary/aromatic N) is 1. The predicted octanol–water partition coefficient (Wildman–Crippen LogP) is 4.73. The molecule has 34 heavy (non-hydrogen) atoms. The first kappa shape index (κ1) is 23.7. The molecule has 2 N–H and O–H groups in total. The van der Waals surface area contributed by atoms with Crippen LogP contribution in [0, 0.1) is 0 Å². The summed E-state index contributed by atoms with van der Waals surface area (Å²) in [7, 11) is -4.31.